The molecule has 0 spiro atoms. The minimum atomic E-state index is -0.232. The van der Waals surface area contributed by atoms with Crippen molar-refractivity contribution >= 4 is 34.1 Å². The van der Waals surface area contributed by atoms with Crippen LogP contribution in [0.3, 0.4) is 0 Å². The van der Waals surface area contributed by atoms with E-state index in [-0.39, 0.29) is 12.4 Å². The smallest absolute Gasteiger partial charge is 0.123 e. The van der Waals surface area contributed by atoms with Gasteiger partial charge in [0.2, 0.25) is 0 Å². The van der Waals surface area contributed by atoms with Crippen LogP contribution in [0.1, 0.15) is 36.3 Å². The van der Waals surface area contributed by atoms with Gasteiger partial charge in [0.1, 0.15) is 5.82 Å². The highest BCUT2D eigenvalue weighted by Gasteiger charge is 2.27. The number of fused-ring (bicyclic) bond motifs is 1. The number of rotatable bonds is 7. The van der Waals surface area contributed by atoms with Crippen LogP contribution in [0.2, 0.25) is 10.0 Å². The summed E-state index contributed by atoms with van der Waals surface area (Å²) in [5.41, 5.74) is 5.41. The molecule has 1 aromatic heterocycles. The lowest BCUT2D eigenvalue weighted by Crippen LogP contribution is -2.32. The van der Waals surface area contributed by atoms with Crippen molar-refractivity contribution in [3.05, 3.63) is 93.7 Å². The molecule has 1 N–H and O–H groups in total. The van der Waals surface area contributed by atoms with Crippen LogP contribution in [0.4, 0.5) is 4.39 Å². The van der Waals surface area contributed by atoms with Gasteiger partial charge in [0.25, 0.3) is 0 Å². The summed E-state index contributed by atoms with van der Waals surface area (Å²) in [6, 6.07) is 21.0. The van der Waals surface area contributed by atoms with Crippen LogP contribution < -0.4 is 0 Å². The fourth-order valence-electron chi connectivity index (χ4n) is 5.45. The van der Waals surface area contributed by atoms with E-state index < -0.39 is 0 Å². The maximum absolute atomic E-state index is 14.4. The molecule has 182 valence electrons. The molecule has 0 saturated carbocycles. The highest BCUT2D eigenvalue weighted by Crippen LogP contribution is 2.40. The van der Waals surface area contributed by atoms with E-state index in [1.807, 2.05) is 42.5 Å². The minimum Gasteiger partial charge on any atom is -0.396 e. The first-order chi connectivity index (χ1) is 17.1. The van der Waals surface area contributed by atoms with Crippen LogP contribution in [0.15, 0.2) is 66.7 Å². The minimum absolute atomic E-state index is 0.114. The Bertz CT molecular complexity index is 1290. The molecule has 0 amide bonds. The second-order valence-electron chi connectivity index (χ2n) is 9.27. The van der Waals surface area contributed by atoms with Gasteiger partial charge < -0.3 is 9.67 Å². The summed E-state index contributed by atoms with van der Waals surface area (Å²) in [4.78, 5) is 2.45. The molecule has 5 rings (SSSR count). The van der Waals surface area contributed by atoms with Gasteiger partial charge in [0, 0.05) is 40.6 Å². The Balaban J connectivity index is 1.49. The monoisotopic (exact) mass is 510 g/mol. The van der Waals surface area contributed by atoms with Crippen molar-refractivity contribution in [2.75, 3.05) is 19.7 Å². The number of halogens is 3. The lowest BCUT2D eigenvalue weighted by molar-refractivity contribution is 0.205. The Hall–Kier alpha value is -2.37. The summed E-state index contributed by atoms with van der Waals surface area (Å²) < 4.78 is 16.7. The highest BCUT2D eigenvalue weighted by atomic mass is 35.5. The summed E-state index contributed by atoms with van der Waals surface area (Å²) in [5, 5.41) is 12.0. The third-order valence-electron chi connectivity index (χ3n) is 7.09. The van der Waals surface area contributed by atoms with Crippen LogP contribution in [-0.4, -0.2) is 34.3 Å². The number of likely N-dealkylation sites (tertiary alicyclic amines) is 1. The van der Waals surface area contributed by atoms with E-state index in [9.17, 15) is 9.50 Å². The van der Waals surface area contributed by atoms with Crippen molar-refractivity contribution in [1.82, 2.24) is 9.47 Å². The average Bonchev–Trinajstić information content (AvgIpc) is 3.16. The van der Waals surface area contributed by atoms with Crippen LogP contribution in [-0.2, 0) is 13.1 Å². The lowest BCUT2D eigenvalue weighted by atomic mass is 9.89. The predicted molar refractivity (Wildman–Crippen MR) is 143 cm³/mol. The zero-order chi connectivity index (χ0) is 24.4. The fourth-order valence-corrected chi connectivity index (χ4v) is 6.15. The number of piperidine rings is 1. The van der Waals surface area contributed by atoms with Crippen molar-refractivity contribution in [2.24, 2.45) is 0 Å². The maximum atomic E-state index is 14.4. The predicted octanol–water partition coefficient (Wildman–Crippen LogP) is 7.52. The number of hydrogen-bond acceptors (Lipinski definition) is 2. The van der Waals surface area contributed by atoms with Gasteiger partial charge in [0.15, 0.2) is 0 Å². The number of aliphatic hydroxyl groups is 1. The first-order valence-corrected chi connectivity index (χ1v) is 13.0. The standard InChI is InChI=1S/C29H29Cl2FN2O/c30-25-8-4-9-26(31)28(25)20-12-15-33(16-13-20)19-24-23-18-22(32)10-11-27(23)34(14-5-17-35)29(24)21-6-2-1-3-7-21/h1-4,6-11,18,20,35H,5,12-17,19H2. The van der Waals surface area contributed by atoms with E-state index in [0.29, 0.717) is 18.9 Å². The van der Waals surface area contributed by atoms with Gasteiger partial charge in [-0.2, -0.15) is 0 Å². The van der Waals surface area contributed by atoms with Crippen molar-refractivity contribution in [3.63, 3.8) is 0 Å². The Morgan fingerprint density at radius 2 is 1.63 bits per heavy atom. The zero-order valence-corrected chi connectivity index (χ0v) is 21.1. The lowest BCUT2D eigenvalue weighted by Gasteiger charge is -2.33. The van der Waals surface area contributed by atoms with E-state index >= 15 is 0 Å². The number of aryl methyl sites for hydroxylation is 1. The van der Waals surface area contributed by atoms with Crippen molar-refractivity contribution in [1.29, 1.82) is 0 Å². The van der Waals surface area contributed by atoms with Crippen molar-refractivity contribution < 1.29 is 9.50 Å². The molecule has 0 bridgehead atoms. The van der Waals surface area contributed by atoms with Crippen molar-refractivity contribution in [3.8, 4) is 11.3 Å². The molecule has 0 unspecified atom stereocenters. The molecule has 0 aliphatic carbocycles. The van der Waals surface area contributed by atoms with Gasteiger partial charge in [-0.1, -0.05) is 59.6 Å². The average molecular weight is 511 g/mol. The quantitative estimate of drug-likeness (QED) is 0.278. The molecule has 4 aromatic rings. The summed E-state index contributed by atoms with van der Waals surface area (Å²) in [6.07, 6.45) is 2.59. The molecule has 1 aliphatic rings. The Labute approximate surface area is 215 Å². The molecule has 0 atom stereocenters. The second kappa shape index (κ2) is 10.7. The molecule has 6 heteroatoms. The molecule has 35 heavy (non-hydrogen) atoms. The Morgan fingerprint density at radius 3 is 2.31 bits per heavy atom. The van der Waals surface area contributed by atoms with Crippen molar-refractivity contribution in [2.45, 2.75) is 38.3 Å². The van der Waals surface area contributed by atoms with Gasteiger partial charge in [-0.3, -0.25) is 4.90 Å². The molecular formula is C29H29Cl2FN2O. The molecule has 1 fully saturated rings. The van der Waals surface area contributed by atoms with E-state index in [1.54, 1.807) is 6.07 Å². The first kappa shape index (κ1) is 24.3. The van der Waals surface area contributed by atoms with Crippen LogP contribution in [0.25, 0.3) is 22.2 Å². The number of nitrogens with zero attached hydrogens (tertiary/aromatic N) is 2. The Kier molecular flexibility index (Phi) is 7.45. The zero-order valence-electron chi connectivity index (χ0n) is 19.6. The Morgan fingerprint density at radius 1 is 0.914 bits per heavy atom. The number of hydrogen-bond donors (Lipinski definition) is 1. The largest absolute Gasteiger partial charge is 0.396 e. The molecule has 0 radical (unpaired) electrons. The number of aromatic nitrogens is 1. The normalized spacial score (nSPS) is 15.2. The molecule has 3 aromatic carbocycles. The molecule has 2 heterocycles. The van der Waals surface area contributed by atoms with Gasteiger partial charge >= 0.3 is 0 Å². The van der Waals surface area contributed by atoms with E-state index in [2.05, 4.69) is 21.6 Å². The molecular weight excluding hydrogens is 482 g/mol. The van der Waals surface area contributed by atoms with Crippen LogP contribution in [0, 0.1) is 5.82 Å². The highest BCUT2D eigenvalue weighted by molar-refractivity contribution is 6.36. The van der Waals surface area contributed by atoms with Gasteiger partial charge in [-0.15, -0.1) is 0 Å². The number of aliphatic hydroxyl groups excluding tert-OH is 1. The molecule has 3 nitrogen and oxygen atoms in total. The van der Waals surface area contributed by atoms with Crippen LogP contribution in [0.5, 0.6) is 0 Å². The summed E-state index contributed by atoms with van der Waals surface area (Å²) >= 11 is 13.0. The SMILES string of the molecule is OCCCn1c(-c2ccccc2)c(CN2CCC(c3c(Cl)cccc3Cl)CC2)c2cc(F)ccc21. The topological polar surface area (TPSA) is 28.4 Å². The molecule has 1 saturated heterocycles. The van der Waals surface area contributed by atoms with Crippen LogP contribution >= 0.6 is 23.2 Å². The van der Waals surface area contributed by atoms with E-state index in [4.69, 9.17) is 23.2 Å². The summed E-state index contributed by atoms with van der Waals surface area (Å²) in [6.45, 7) is 3.36. The number of benzene rings is 3. The molecule has 1 aliphatic heterocycles. The van der Waals surface area contributed by atoms with Gasteiger partial charge in [-0.05, 0) is 85.3 Å². The summed E-state index contributed by atoms with van der Waals surface area (Å²) in [5.74, 6) is 0.106. The van der Waals surface area contributed by atoms with Gasteiger partial charge in [-0.25, -0.2) is 4.39 Å². The third-order valence-corrected chi connectivity index (χ3v) is 7.75. The fraction of sp³-hybridized carbons (Fsp3) is 0.310. The summed E-state index contributed by atoms with van der Waals surface area (Å²) in [7, 11) is 0. The second-order valence-corrected chi connectivity index (χ2v) is 10.1. The first-order valence-electron chi connectivity index (χ1n) is 12.2. The maximum Gasteiger partial charge on any atom is 0.123 e. The van der Waals surface area contributed by atoms with Gasteiger partial charge in [0.05, 0.1) is 5.69 Å². The van der Waals surface area contributed by atoms with E-state index in [1.165, 1.54) is 6.07 Å². The van der Waals surface area contributed by atoms with E-state index in [0.717, 1.165) is 75.8 Å². The third kappa shape index (κ3) is 4.99.